The molecule has 1 rings (SSSR count). The van der Waals surface area contributed by atoms with E-state index in [0.717, 1.165) is 12.8 Å². The molecule has 0 saturated carbocycles. The Balaban J connectivity index is 2.47. The van der Waals surface area contributed by atoms with E-state index in [1.165, 1.54) is 0 Å². The Hall–Kier alpha value is -0.420. The van der Waals surface area contributed by atoms with Crippen LogP contribution < -0.4 is 10.1 Å². The highest BCUT2D eigenvalue weighted by molar-refractivity contribution is 4.98. The second-order valence-corrected chi connectivity index (χ2v) is 3.40. The predicted octanol–water partition coefficient (Wildman–Crippen LogP) is -1.90. The van der Waals surface area contributed by atoms with Gasteiger partial charge in [-0.15, -0.1) is 0 Å². The fourth-order valence-corrected chi connectivity index (χ4v) is 1.50. The van der Waals surface area contributed by atoms with Crippen LogP contribution in [0.25, 0.3) is 0 Å². The number of rotatable bonds is 2. The molecule has 70 valence electrons. The molecule has 0 heterocycles. The van der Waals surface area contributed by atoms with Gasteiger partial charge in [-0.1, -0.05) is 0 Å². The molecule has 0 spiro atoms. The molecule has 12 heavy (non-hydrogen) atoms. The van der Waals surface area contributed by atoms with Crippen LogP contribution in [0, 0.1) is 10.4 Å². The smallest absolute Gasteiger partial charge is 0.106 e. The summed E-state index contributed by atoms with van der Waals surface area (Å²) in [6.07, 6.45) is 5.40. The van der Waals surface area contributed by atoms with Gasteiger partial charge in [0, 0.05) is 12.8 Å². The molecule has 4 unspecified atom stereocenters. The van der Waals surface area contributed by atoms with E-state index in [-0.39, 0.29) is 22.2 Å². The van der Waals surface area contributed by atoms with Gasteiger partial charge in [0.1, 0.15) is 12.1 Å². The maximum atomic E-state index is 10.9. The molecule has 0 radical (unpaired) electrons. The zero-order valence-electron chi connectivity index (χ0n) is 7.54. The summed E-state index contributed by atoms with van der Waals surface area (Å²) < 4.78 is 0. The van der Waals surface area contributed by atoms with Crippen LogP contribution in [0.3, 0.4) is 0 Å². The SMILES string of the molecule is C[NH+]([O-])C1C=CC([NH+](C)[O-])CC1. The van der Waals surface area contributed by atoms with Crippen LogP contribution in [0.15, 0.2) is 12.2 Å². The second kappa shape index (κ2) is 4.00. The first-order valence-electron chi connectivity index (χ1n) is 4.30. The lowest BCUT2D eigenvalue weighted by Crippen LogP contribution is -3.10. The first-order chi connectivity index (χ1) is 5.61. The van der Waals surface area contributed by atoms with Crippen molar-refractivity contribution in [1.82, 2.24) is 0 Å². The zero-order chi connectivity index (χ0) is 9.14. The number of quaternary nitrogens is 2. The van der Waals surface area contributed by atoms with E-state index in [9.17, 15) is 10.4 Å². The molecule has 0 aromatic rings. The van der Waals surface area contributed by atoms with Crippen molar-refractivity contribution < 1.29 is 10.1 Å². The van der Waals surface area contributed by atoms with Crippen LogP contribution in [0.2, 0.25) is 0 Å². The molecule has 4 heteroatoms. The van der Waals surface area contributed by atoms with Gasteiger partial charge >= 0.3 is 0 Å². The van der Waals surface area contributed by atoms with Gasteiger partial charge in [-0.2, -0.15) is 0 Å². The Labute approximate surface area is 72.6 Å². The number of hydrogen-bond acceptors (Lipinski definition) is 2. The molecule has 1 aliphatic carbocycles. The normalized spacial score (nSPS) is 34.7. The Bertz CT molecular complexity index is 150. The Kier molecular flexibility index (Phi) is 3.22. The fourth-order valence-electron chi connectivity index (χ4n) is 1.50. The van der Waals surface area contributed by atoms with Gasteiger partial charge in [0.2, 0.25) is 0 Å². The summed E-state index contributed by atoms with van der Waals surface area (Å²) >= 11 is 0. The summed E-state index contributed by atoms with van der Waals surface area (Å²) in [5.41, 5.74) is 0. The standard InChI is InChI=1S/C8H16N2O2/c1-9(11)7-3-5-8(6-4-7)10(2)12/h3,5,7-10H,4,6H2,1-2H3. The third-order valence-electron chi connectivity index (χ3n) is 2.41. The van der Waals surface area contributed by atoms with E-state index in [0.29, 0.717) is 0 Å². The minimum atomic E-state index is 0.0561. The topological polar surface area (TPSA) is 55.0 Å². The molecule has 0 aromatic heterocycles. The summed E-state index contributed by atoms with van der Waals surface area (Å²) in [5.74, 6) is 0. The van der Waals surface area contributed by atoms with E-state index < -0.39 is 0 Å². The first kappa shape index (κ1) is 9.67. The zero-order valence-corrected chi connectivity index (χ0v) is 7.54. The Morgan fingerprint density at radius 3 is 1.50 bits per heavy atom. The molecule has 2 N–H and O–H groups in total. The Morgan fingerprint density at radius 2 is 1.33 bits per heavy atom. The molecular formula is C8H16N2O2. The van der Waals surface area contributed by atoms with Gasteiger partial charge in [-0.05, 0) is 12.2 Å². The molecule has 0 aromatic carbocycles. The summed E-state index contributed by atoms with van der Waals surface area (Å²) in [4.78, 5) is 0. The largest absolute Gasteiger partial charge is 0.634 e. The maximum absolute atomic E-state index is 10.9. The summed E-state index contributed by atoms with van der Waals surface area (Å²) in [5, 5.41) is 22.3. The van der Waals surface area contributed by atoms with Gasteiger partial charge in [0.05, 0.1) is 14.1 Å². The molecule has 0 fully saturated rings. The van der Waals surface area contributed by atoms with Crippen molar-refractivity contribution in [2.45, 2.75) is 24.9 Å². The summed E-state index contributed by atoms with van der Waals surface area (Å²) in [7, 11) is 3.20. The predicted molar refractivity (Wildman–Crippen MR) is 46.5 cm³/mol. The monoisotopic (exact) mass is 172 g/mol. The van der Waals surface area contributed by atoms with Crippen LogP contribution in [-0.2, 0) is 0 Å². The van der Waals surface area contributed by atoms with E-state index in [2.05, 4.69) is 0 Å². The minimum absolute atomic E-state index is 0.0561. The van der Waals surface area contributed by atoms with Crippen LogP contribution >= 0.6 is 0 Å². The number of likely N-dealkylation sites (N-methyl/N-ethyl adjacent to an activating group) is 2. The van der Waals surface area contributed by atoms with Crippen LogP contribution in [0.5, 0.6) is 0 Å². The maximum Gasteiger partial charge on any atom is 0.106 e. The third kappa shape index (κ3) is 2.28. The second-order valence-electron chi connectivity index (χ2n) is 3.40. The van der Waals surface area contributed by atoms with Gasteiger partial charge in [-0.25, -0.2) is 0 Å². The highest BCUT2D eigenvalue weighted by atomic mass is 16.5. The summed E-state index contributed by atoms with van der Waals surface area (Å²) in [6, 6.07) is 0.112. The lowest BCUT2D eigenvalue weighted by molar-refractivity contribution is -0.859. The lowest BCUT2D eigenvalue weighted by Gasteiger charge is -2.32. The number of hydrogen-bond donors (Lipinski definition) is 2. The van der Waals surface area contributed by atoms with Crippen molar-refractivity contribution in [3.63, 3.8) is 0 Å². The average molecular weight is 172 g/mol. The molecule has 1 aliphatic rings. The van der Waals surface area contributed by atoms with Crippen LogP contribution in [0.1, 0.15) is 12.8 Å². The minimum Gasteiger partial charge on any atom is -0.634 e. The highest BCUT2D eigenvalue weighted by Gasteiger charge is 2.20. The quantitative estimate of drug-likeness (QED) is 0.377. The van der Waals surface area contributed by atoms with E-state index in [1.54, 1.807) is 14.1 Å². The van der Waals surface area contributed by atoms with Crippen molar-refractivity contribution in [3.8, 4) is 0 Å². The fraction of sp³-hybridized carbons (Fsp3) is 0.750. The van der Waals surface area contributed by atoms with Crippen molar-refractivity contribution in [2.75, 3.05) is 14.1 Å². The van der Waals surface area contributed by atoms with Crippen LogP contribution in [-0.4, -0.2) is 26.2 Å². The molecule has 0 bridgehead atoms. The molecule has 4 nitrogen and oxygen atoms in total. The molecule has 0 saturated heterocycles. The average Bonchev–Trinajstić information content (AvgIpc) is 2.04. The van der Waals surface area contributed by atoms with Crippen LogP contribution in [0.4, 0.5) is 0 Å². The molecular weight excluding hydrogens is 156 g/mol. The van der Waals surface area contributed by atoms with Gasteiger partial charge in [-0.3, -0.25) is 0 Å². The molecule has 4 atom stereocenters. The Morgan fingerprint density at radius 1 is 1.00 bits per heavy atom. The van der Waals surface area contributed by atoms with Crippen molar-refractivity contribution in [1.29, 1.82) is 0 Å². The highest BCUT2D eigenvalue weighted by Crippen LogP contribution is 2.06. The molecule has 0 amide bonds. The summed E-state index contributed by atoms with van der Waals surface area (Å²) in [6.45, 7) is 0. The van der Waals surface area contributed by atoms with Gasteiger partial charge < -0.3 is 20.5 Å². The number of nitrogens with one attached hydrogen (secondary N) is 2. The van der Waals surface area contributed by atoms with Crippen molar-refractivity contribution in [3.05, 3.63) is 22.6 Å². The van der Waals surface area contributed by atoms with Gasteiger partial charge in [0.25, 0.3) is 0 Å². The van der Waals surface area contributed by atoms with E-state index >= 15 is 0 Å². The van der Waals surface area contributed by atoms with Crippen molar-refractivity contribution >= 4 is 0 Å². The van der Waals surface area contributed by atoms with Gasteiger partial charge in [0.15, 0.2) is 0 Å². The van der Waals surface area contributed by atoms with E-state index in [1.807, 2.05) is 12.2 Å². The lowest BCUT2D eigenvalue weighted by atomic mass is 9.98. The molecule has 0 aliphatic heterocycles. The third-order valence-corrected chi connectivity index (χ3v) is 2.41. The first-order valence-corrected chi connectivity index (χ1v) is 4.30. The van der Waals surface area contributed by atoms with Crippen molar-refractivity contribution in [2.24, 2.45) is 0 Å². The number of hydroxylamine groups is 4. The van der Waals surface area contributed by atoms with E-state index in [4.69, 9.17) is 0 Å².